The molecule has 0 spiro atoms. The van der Waals surface area contributed by atoms with Crippen LogP contribution in [0.5, 0.6) is 0 Å². The molecule has 0 bridgehead atoms. The zero-order valence-corrected chi connectivity index (χ0v) is 21.5. The van der Waals surface area contributed by atoms with Crippen LogP contribution >= 0.6 is 11.3 Å². The van der Waals surface area contributed by atoms with Crippen molar-refractivity contribution in [3.05, 3.63) is 40.8 Å². The third-order valence-electron chi connectivity index (χ3n) is 5.90. The maximum absolute atomic E-state index is 13.7. The lowest BCUT2D eigenvalue weighted by Crippen LogP contribution is -2.56. The Hall–Kier alpha value is -2.91. The Morgan fingerprint density at radius 3 is 2.44 bits per heavy atom. The first kappa shape index (κ1) is 27.7. The molecule has 2 unspecified atom stereocenters. The normalized spacial score (nSPS) is 15.8. The smallest absolute Gasteiger partial charge is 0.267 e. The van der Waals surface area contributed by atoms with E-state index < -0.39 is 40.3 Å². The largest absolute Gasteiger partial charge is 0.378 e. The Kier molecular flexibility index (Phi) is 9.50. The number of benzene rings is 1. The SMILES string of the molecule is CCC(C)C(C(=O)NO)N(CC(=O)N1CCOCC1)S(=O)(=O)c1ccc(NC(=O)c2cncs2)cc1. The Morgan fingerprint density at radius 2 is 1.89 bits per heavy atom. The molecule has 0 radical (unpaired) electrons. The van der Waals surface area contributed by atoms with Crippen LogP contribution in [-0.2, 0) is 24.3 Å². The predicted octanol–water partition coefficient (Wildman–Crippen LogP) is 1.17. The average Bonchev–Trinajstić information content (AvgIpc) is 3.44. The van der Waals surface area contributed by atoms with Gasteiger partial charge < -0.3 is 15.0 Å². The second kappa shape index (κ2) is 12.4. The summed E-state index contributed by atoms with van der Waals surface area (Å²) in [5.41, 5.74) is 3.42. The van der Waals surface area contributed by atoms with E-state index in [9.17, 15) is 28.0 Å². The standard InChI is InChI=1S/C22H29N5O7S2/c1-3-15(2)20(22(30)25-31)27(13-19(28)26-8-10-34-11-9-26)36(32,33)17-6-4-16(5-7-17)24-21(29)18-12-23-14-35-18/h4-7,12,14-15,20,31H,3,8-11,13H2,1-2H3,(H,24,29)(H,25,30). The predicted molar refractivity (Wildman–Crippen MR) is 131 cm³/mol. The molecule has 3 amide bonds. The molecule has 2 heterocycles. The van der Waals surface area contributed by atoms with Crippen molar-refractivity contribution in [1.82, 2.24) is 19.7 Å². The summed E-state index contributed by atoms with van der Waals surface area (Å²) < 4.78 is 33.5. The second-order valence-corrected chi connectivity index (χ2v) is 11.0. The average molecular weight is 540 g/mol. The number of carbonyl (C=O) groups is 3. The highest BCUT2D eigenvalue weighted by Crippen LogP contribution is 2.26. The fourth-order valence-corrected chi connectivity index (χ4v) is 5.86. The van der Waals surface area contributed by atoms with Gasteiger partial charge in [-0.15, -0.1) is 11.3 Å². The number of morpholine rings is 1. The van der Waals surface area contributed by atoms with E-state index in [1.807, 2.05) is 0 Å². The van der Waals surface area contributed by atoms with Gasteiger partial charge in [0.05, 0.1) is 36.4 Å². The molecule has 1 aromatic carbocycles. The number of ether oxygens (including phenoxy) is 1. The van der Waals surface area contributed by atoms with Gasteiger partial charge >= 0.3 is 0 Å². The van der Waals surface area contributed by atoms with E-state index in [1.165, 1.54) is 46.4 Å². The van der Waals surface area contributed by atoms with Crippen LogP contribution in [0.25, 0.3) is 0 Å². The molecule has 1 aromatic heterocycles. The molecule has 14 heteroatoms. The number of rotatable bonds is 10. The number of aromatic nitrogens is 1. The van der Waals surface area contributed by atoms with E-state index >= 15 is 0 Å². The van der Waals surface area contributed by atoms with Crippen molar-refractivity contribution in [2.24, 2.45) is 5.92 Å². The maximum Gasteiger partial charge on any atom is 0.267 e. The summed E-state index contributed by atoms with van der Waals surface area (Å²) in [6.07, 6.45) is 1.84. The maximum atomic E-state index is 13.7. The van der Waals surface area contributed by atoms with E-state index in [0.717, 1.165) is 15.6 Å². The highest BCUT2D eigenvalue weighted by Gasteiger charge is 2.40. The number of carbonyl (C=O) groups excluding carboxylic acids is 3. The van der Waals surface area contributed by atoms with Gasteiger partial charge in [-0.3, -0.25) is 24.6 Å². The number of sulfonamides is 1. The van der Waals surface area contributed by atoms with Crippen LogP contribution in [0.15, 0.2) is 40.9 Å². The molecule has 1 aliphatic rings. The number of nitrogens with one attached hydrogen (secondary N) is 2. The van der Waals surface area contributed by atoms with Crippen molar-refractivity contribution < 1.29 is 32.7 Å². The molecule has 36 heavy (non-hydrogen) atoms. The van der Waals surface area contributed by atoms with Gasteiger partial charge in [0.25, 0.3) is 11.8 Å². The van der Waals surface area contributed by atoms with Gasteiger partial charge in [0.15, 0.2) is 0 Å². The van der Waals surface area contributed by atoms with E-state index in [1.54, 1.807) is 13.8 Å². The third kappa shape index (κ3) is 6.44. The summed E-state index contributed by atoms with van der Waals surface area (Å²) in [6.45, 7) is 4.13. The zero-order chi connectivity index (χ0) is 26.3. The number of amides is 3. The summed E-state index contributed by atoms with van der Waals surface area (Å²) in [7, 11) is -4.37. The van der Waals surface area contributed by atoms with Crippen molar-refractivity contribution in [2.75, 3.05) is 38.2 Å². The minimum atomic E-state index is -4.37. The lowest BCUT2D eigenvalue weighted by molar-refractivity contribution is -0.139. The van der Waals surface area contributed by atoms with Crippen molar-refractivity contribution >= 4 is 44.8 Å². The monoisotopic (exact) mass is 539 g/mol. The second-order valence-electron chi connectivity index (χ2n) is 8.19. The summed E-state index contributed by atoms with van der Waals surface area (Å²) in [4.78, 5) is 43.4. The topological polar surface area (TPSA) is 158 Å². The Labute approximate surface area is 213 Å². The van der Waals surface area contributed by atoms with Gasteiger partial charge in [-0.05, 0) is 30.2 Å². The van der Waals surface area contributed by atoms with Crippen molar-refractivity contribution in [3.63, 3.8) is 0 Å². The number of hydrogen-bond donors (Lipinski definition) is 3. The lowest BCUT2D eigenvalue weighted by atomic mass is 9.98. The number of hydrogen-bond acceptors (Lipinski definition) is 9. The third-order valence-corrected chi connectivity index (χ3v) is 8.52. The molecule has 196 valence electrons. The van der Waals surface area contributed by atoms with E-state index in [4.69, 9.17) is 4.74 Å². The molecule has 2 atom stereocenters. The Bertz CT molecular complexity index is 1150. The molecule has 12 nitrogen and oxygen atoms in total. The van der Waals surface area contributed by atoms with Crippen molar-refractivity contribution in [3.8, 4) is 0 Å². The molecular weight excluding hydrogens is 510 g/mol. The van der Waals surface area contributed by atoms with Crippen molar-refractivity contribution in [2.45, 2.75) is 31.2 Å². The van der Waals surface area contributed by atoms with E-state index in [-0.39, 0.29) is 10.8 Å². The van der Waals surface area contributed by atoms with E-state index in [0.29, 0.717) is 43.3 Å². The fourth-order valence-electron chi connectivity index (χ4n) is 3.71. The van der Waals surface area contributed by atoms with Crippen LogP contribution in [-0.4, -0.2) is 84.4 Å². The first-order valence-electron chi connectivity index (χ1n) is 11.3. The highest BCUT2D eigenvalue weighted by atomic mass is 32.2. The summed E-state index contributed by atoms with van der Waals surface area (Å²) in [5, 5.41) is 12.0. The molecule has 3 N–H and O–H groups in total. The molecular formula is C22H29N5O7S2. The van der Waals surface area contributed by atoms with Gasteiger partial charge in [-0.1, -0.05) is 20.3 Å². The molecule has 0 saturated carbocycles. The van der Waals surface area contributed by atoms with E-state index in [2.05, 4.69) is 10.3 Å². The zero-order valence-electron chi connectivity index (χ0n) is 19.9. The molecule has 1 aliphatic heterocycles. The van der Waals surface area contributed by atoms with Gasteiger partial charge in [0.2, 0.25) is 15.9 Å². The number of nitrogens with zero attached hydrogens (tertiary/aromatic N) is 3. The highest BCUT2D eigenvalue weighted by molar-refractivity contribution is 7.89. The van der Waals surface area contributed by atoms with Crippen molar-refractivity contribution in [1.29, 1.82) is 0 Å². The minimum Gasteiger partial charge on any atom is -0.378 e. The van der Waals surface area contributed by atoms with Gasteiger partial charge in [0, 0.05) is 18.8 Å². The molecule has 1 saturated heterocycles. The van der Waals surface area contributed by atoms with Crippen LogP contribution in [0.4, 0.5) is 5.69 Å². The van der Waals surface area contributed by atoms with Crippen LogP contribution in [0.1, 0.15) is 29.9 Å². The molecule has 2 aromatic rings. The first-order valence-corrected chi connectivity index (χ1v) is 13.6. The summed E-state index contributed by atoms with van der Waals surface area (Å²) in [5.74, 6) is -2.31. The van der Waals surface area contributed by atoms with Crippen LogP contribution in [0.2, 0.25) is 0 Å². The Morgan fingerprint density at radius 1 is 1.22 bits per heavy atom. The summed E-state index contributed by atoms with van der Waals surface area (Å²) in [6, 6.07) is 4.07. The quantitative estimate of drug-likeness (QED) is 0.300. The van der Waals surface area contributed by atoms with Gasteiger partial charge in [-0.2, -0.15) is 4.31 Å². The molecule has 1 fully saturated rings. The van der Waals surface area contributed by atoms with Crippen LogP contribution < -0.4 is 10.8 Å². The van der Waals surface area contributed by atoms with Gasteiger partial charge in [-0.25, -0.2) is 13.9 Å². The number of thiazole rings is 1. The van der Waals surface area contributed by atoms with Crippen LogP contribution in [0.3, 0.4) is 0 Å². The molecule has 3 rings (SSSR count). The summed E-state index contributed by atoms with van der Waals surface area (Å²) >= 11 is 1.16. The fraction of sp³-hybridized carbons (Fsp3) is 0.455. The number of hydroxylamine groups is 1. The van der Waals surface area contributed by atoms with Crippen LogP contribution in [0, 0.1) is 5.92 Å². The molecule has 0 aliphatic carbocycles. The Balaban J connectivity index is 1.91. The minimum absolute atomic E-state index is 0.174. The first-order chi connectivity index (χ1) is 17.2. The number of anilines is 1. The lowest BCUT2D eigenvalue weighted by Gasteiger charge is -2.35. The van der Waals surface area contributed by atoms with Gasteiger partial charge in [0.1, 0.15) is 10.9 Å².